The second kappa shape index (κ2) is 10.7. The van der Waals surface area contributed by atoms with E-state index in [1.54, 1.807) is 35.4 Å². The zero-order chi connectivity index (χ0) is 26.8. The van der Waals surface area contributed by atoms with Gasteiger partial charge in [0, 0.05) is 35.6 Å². The summed E-state index contributed by atoms with van der Waals surface area (Å²) in [4.78, 5) is 31.5. The zero-order valence-corrected chi connectivity index (χ0v) is 21.9. The molecule has 2 aromatic carbocycles. The average molecular weight is 514 g/mol. The molecule has 1 aliphatic heterocycles. The quantitative estimate of drug-likeness (QED) is 0.322. The Kier molecular flexibility index (Phi) is 7.13. The van der Waals surface area contributed by atoms with Crippen LogP contribution in [0.2, 0.25) is 0 Å². The number of halogens is 1. The van der Waals surface area contributed by atoms with Crippen molar-refractivity contribution in [1.29, 1.82) is 0 Å². The Morgan fingerprint density at radius 3 is 2.66 bits per heavy atom. The first kappa shape index (κ1) is 25.4. The van der Waals surface area contributed by atoms with Crippen molar-refractivity contribution >= 4 is 17.5 Å². The molecule has 196 valence electrons. The van der Waals surface area contributed by atoms with Gasteiger partial charge in [0.05, 0.1) is 13.1 Å². The first-order valence-electron chi connectivity index (χ1n) is 13.0. The van der Waals surface area contributed by atoms with E-state index in [1.165, 1.54) is 12.1 Å². The minimum Gasteiger partial charge on any atom is -0.357 e. The molecule has 0 fully saturated rings. The van der Waals surface area contributed by atoms with E-state index in [2.05, 4.69) is 30.2 Å². The number of anilines is 1. The van der Waals surface area contributed by atoms with Gasteiger partial charge in [0.15, 0.2) is 5.69 Å². The van der Waals surface area contributed by atoms with Gasteiger partial charge in [-0.15, -0.1) is 0 Å². The van der Waals surface area contributed by atoms with E-state index in [9.17, 15) is 14.0 Å². The molecule has 3 heterocycles. The van der Waals surface area contributed by atoms with E-state index in [0.717, 1.165) is 28.8 Å². The molecule has 0 saturated heterocycles. The SMILES string of the molecule is CCC(C)c1cccc(NC(=O)c2nn(Cc3ccc(F)cc3)c3c2CN(C(=O)c2ccc[nH]2)CC3C)c1. The van der Waals surface area contributed by atoms with Crippen molar-refractivity contribution in [1.82, 2.24) is 19.7 Å². The Bertz CT molecular complexity index is 1440. The van der Waals surface area contributed by atoms with E-state index >= 15 is 0 Å². The van der Waals surface area contributed by atoms with Gasteiger partial charge in [0.2, 0.25) is 0 Å². The van der Waals surface area contributed by atoms with Gasteiger partial charge in [-0.05, 0) is 59.9 Å². The van der Waals surface area contributed by atoms with Crippen LogP contribution in [0.4, 0.5) is 10.1 Å². The molecule has 2 amide bonds. The van der Waals surface area contributed by atoms with Gasteiger partial charge in [-0.2, -0.15) is 5.10 Å². The largest absolute Gasteiger partial charge is 0.357 e. The molecule has 38 heavy (non-hydrogen) atoms. The third kappa shape index (κ3) is 5.11. The number of benzene rings is 2. The lowest BCUT2D eigenvalue weighted by atomic mass is 9.95. The minimum atomic E-state index is -0.318. The lowest BCUT2D eigenvalue weighted by molar-refractivity contribution is 0.0711. The van der Waals surface area contributed by atoms with E-state index < -0.39 is 0 Å². The number of nitrogens with zero attached hydrogens (tertiary/aromatic N) is 3. The van der Waals surface area contributed by atoms with Gasteiger partial charge in [-0.3, -0.25) is 14.3 Å². The molecule has 0 saturated carbocycles. The van der Waals surface area contributed by atoms with Gasteiger partial charge in [-0.1, -0.05) is 45.0 Å². The number of H-pyrrole nitrogens is 1. The predicted octanol–water partition coefficient (Wildman–Crippen LogP) is 5.92. The molecule has 2 N–H and O–H groups in total. The highest BCUT2D eigenvalue weighted by Crippen LogP contribution is 2.32. The third-order valence-electron chi connectivity index (χ3n) is 7.31. The maximum absolute atomic E-state index is 13.6. The van der Waals surface area contributed by atoms with Crippen molar-refractivity contribution in [2.24, 2.45) is 0 Å². The third-order valence-corrected chi connectivity index (χ3v) is 7.31. The molecule has 0 radical (unpaired) electrons. The molecule has 5 rings (SSSR count). The summed E-state index contributed by atoms with van der Waals surface area (Å²) in [5.74, 6) is -0.417. The summed E-state index contributed by atoms with van der Waals surface area (Å²) in [7, 11) is 0. The summed E-state index contributed by atoms with van der Waals surface area (Å²) in [5, 5.41) is 7.78. The van der Waals surface area contributed by atoms with Crippen LogP contribution in [-0.4, -0.2) is 38.0 Å². The number of hydrogen-bond donors (Lipinski definition) is 2. The fourth-order valence-corrected chi connectivity index (χ4v) is 5.10. The lowest BCUT2D eigenvalue weighted by Crippen LogP contribution is -2.38. The van der Waals surface area contributed by atoms with E-state index in [-0.39, 0.29) is 30.1 Å². The number of fused-ring (bicyclic) bond motifs is 1. The summed E-state index contributed by atoms with van der Waals surface area (Å²) in [6, 6.07) is 17.7. The molecular weight excluding hydrogens is 481 g/mol. The smallest absolute Gasteiger partial charge is 0.276 e. The molecule has 0 spiro atoms. The van der Waals surface area contributed by atoms with Gasteiger partial charge in [-0.25, -0.2) is 4.39 Å². The Morgan fingerprint density at radius 1 is 1.16 bits per heavy atom. The number of nitrogens with one attached hydrogen (secondary N) is 2. The van der Waals surface area contributed by atoms with E-state index in [1.807, 2.05) is 29.8 Å². The normalized spacial score (nSPS) is 15.7. The highest BCUT2D eigenvalue weighted by atomic mass is 19.1. The van der Waals surface area contributed by atoms with Crippen LogP contribution in [0.15, 0.2) is 66.9 Å². The van der Waals surface area contributed by atoms with E-state index in [0.29, 0.717) is 36.1 Å². The van der Waals surface area contributed by atoms with Gasteiger partial charge >= 0.3 is 0 Å². The first-order chi connectivity index (χ1) is 18.3. The lowest BCUT2D eigenvalue weighted by Gasteiger charge is -2.32. The molecule has 0 bridgehead atoms. The number of aromatic nitrogens is 3. The van der Waals surface area contributed by atoms with Crippen LogP contribution in [-0.2, 0) is 13.1 Å². The van der Waals surface area contributed by atoms with Crippen molar-refractivity contribution in [2.75, 3.05) is 11.9 Å². The van der Waals surface area contributed by atoms with Gasteiger partial charge in [0.1, 0.15) is 11.5 Å². The number of rotatable bonds is 7. The fraction of sp³-hybridized carbons (Fsp3) is 0.300. The number of carbonyl (C=O) groups excluding carboxylic acids is 2. The summed E-state index contributed by atoms with van der Waals surface area (Å²) < 4.78 is 15.3. The molecule has 2 atom stereocenters. The van der Waals surface area contributed by atoms with Crippen molar-refractivity contribution in [3.05, 3.63) is 106 Å². The van der Waals surface area contributed by atoms with Crippen molar-refractivity contribution in [3.63, 3.8) is 0 Å². The van der Waals surface area contributed by atoms with Crippen LogP contribution >= 0.6 is 0 Å². The summed E-state index contributed by atoms with van der Waals surface area (Å²) in [6.45, 7) is 7.50. The predicted molar refractivity (Wildman–Crippen MR) is 145 cm³/mol. The first-order valence-corrected chi connectivity index (χ1v) is 13.0. The summed E-state index contributed by atoms with van der Waals surface area (Å²) in [5.41, 5.74) is 5.20. The number of hydrogen-bond acceptors (Lipinski definition) is 3. The van der Waals surface area contributed by atoms with Crippen molar-refractivity contribution in [3.8, 4) is 0 Å². The molecular formula is C30H32FN5O2. The number of carbonyl (C=O) groups is 2. The zero-order valence-electron chi connectivity index (χ0n) is 21.9. The molecule has 4 aromatic rings. The van der Waals surface area contributed by atoms with Crippen molar-refractivity contribution in [2.45, 2.75) is 52.1 Å². The maximum atomic E-state index is 13.6. The second-order valence-corrected chi connectivity index (χ2v) is 10.1. The van der Waals surface area contributed by atoms with Crippen LogP contribution in [0.25, 0.3) is 0 Å². The highest BCUT2D eigenvalue weighted by Gasteiger charge is 2.34. The highest BCUT2D eigenvalue weighted by molar-refractivity contribution is 6.04. The molecule has 0 aliphatic carbocycles. The number of amides is 2. The van der Waals surface area contributed by atoms with Crippen LogP contribution in [0, 0.1) is 5.82 Å². The van der Waals surface area contributed by atoms with Crippen LogP contribution < -0.4 is 5.32 Å². The summed E-state index contributed by atoms with van der Waals surface area (Å²) in [6.07, 6.45) is 2.72. The Balaban J connectivity index is 1.50. The minimum absolute atomic E-state index is 0.0547. The molecule has 2 unspecified atom stereocenters. The Hall–Kier alpha value is -4.20. The monoisotopic (exact) mass is 513 g/mol. The topological polar surface area (TPSA) is 83.0 Å². The summed E-state index contributed by atoms with van der Waals surface area (Å²) >= 11 is 0. The van der Waals surface area contributed by atoms with Crippen molar-refractivity contribution < 1.29 is 14.0 Å². The van der Waals surface area contributed by atoms with Gasteiger partial charge < -0.3 is 15.2 Å². The standard InChI is InChI=1S/C30H32FN5O2/c1-4-19(2)22-7-5-8-24(15-22)33-29(37)27-25-18-35(30(38)26-9-6-14-32-26)16-20(3)28(25)36(34-27)17-21-10-12-23(31)13-11-21/h5-15,19-20,32H,4,16-18H2,1-3H3,(H,33,37). The van der Waals surface area contributed by atoms with Crippen LogP contribution in [0.3, 0.4) is 0 Å². The maximum Gasteiger partial charge on any atom is 0.276 e. The van der Waals surface area contributed by atoms with Crippen LogP contribution in [0.1, 0.15) is 82.4 Å². The Morgan fingerprint density at radius 2 is 1.95 bits per heavy atom. The van der Waals surface area contributed by atoms with Gasteiger partial charge in [0.25, 0.3) is 11.8 Å². The van der Waals surface area contributed by atoms with E-state index in [4.69, 9.17) is 5.10 Å². The fourth-order valence-electron chi connectivity index (χ4n) is 5.10. The molecule has 2 aromatic heterocycles. The molecule has 8 heteroatoms. The molecule has 7 nitrogen and oxygen atoms in total. The number of aromatic amines is 1. The average Bonchev–Trinajstić information content (AvgIpc) is 3.58. The van der Waals surface area contributed by atoms with Crippen LogP contribution in [0.5, 0.6) is 0 Å². The second-order valence-electron chi connectivity index (χ2n) is 10.1. The Labute approximate surface area is 221 Å². The molecule has 1 aliphatic rings.